The molecule has 0 aliphatic heterocycles. The van der Waals surface area contributed by atoms with E-state index >= 15 is 0 Å². The summed E-state index contributed by atoms with van der Waals surface area (Å²) in [5.41, 5.74) is 3.66. The van der Waals surface area contributed by atoms with Gasteiger partial charge in [0, 0.05) is 18.5 Å². The van der Waals surface area contributed by atoms with Gasteiger partial charge >= 0.3 is 11.7 Å². The summed E-state index contributed by atoms with van der Waals surface area (Å²) >= 11 is 0. The van der Waals surface area contributed by atoms with Gasteiger partial charge in [0.2, 0.25) is 0 Å². The van der Waals surface area contributed by atoms with Crippen molar-refractivity contribution in [1.82, 2.24) is 4.57 Å². The summed E-state index contributed by atoms with van der Waals surface area (Å²) in [5.74, 6) is -1.14. The van der Waals surface area contributed by atoms with E-state index < -0.39 is 11.7 Å². The van der Waals surface area contributed by atoms with Crippen molar-refractivity contribution in [2.24, 2.45) is 13.0 Å². The number of carbonyl (C=O) groups excluding carboxylic acids is 2. The molecule has 0 spiro atoms. The summed E-state index contributed by atoms with van der Waals surface area (Å²) in [7, 11) is 1.62. The van der Waals surface area contributed by atoms with Crippen molar-refractivity contribution in [2.75, 3.05) is 0 Å². The Kier molecular flexibility index (Phi) is 4.39. The minimum atomic E-state index is -0.435. The van der Waals surface area contributed by atoms with E-state index in [0.717, 1.165) is 17.5 Å². The van der Waals surface area contributed by atoms with Crippen LogP contribution in [0.2, 0.25) is 0 Å². The summed E-state index contributed by atoms with van der Waals surface area (Å²) in [4.78, 5) is 36.3. The van der Waals surface area contributed by atoms with E-state index in [9.17, 15) is 14.4 Å². The Morgan fingerprint density at radius 3 is 2.89 bits per heavy atom. The minimum absolute atomic E-state index is 0.0172. The van der Waals surface area contributed by atoms with Gasteiger partial charge < -0.3 is 9.15 Å². The normalized spacial score (nSPS) is 16.3. The Morgan fingerprint density at radius 2 is 2.04 bits per heavy atom. The van der Waals surface area contributed by atoms with Gasteiger partial charge in [-0.05, 0) is 36.1 Å². The van der Waals surface area contributed by atoms with E-state index in [1.807, 2.05) is 24.3 Å². The highest BCUT2D eigenvalue weighted by Crippen LogP contribution is 2.28. The fourth-order valence-corrected chi connectivity index (χ4v) is 3.54. The first kappa shape index (κ1) is 17.3. The summed E-state index contributed by atoms with van der Waals surface area (Å²) in [5, 5.41) is 0. The molecule has 4 rings (SSSR count). The number of benzene rings is 2. The second kappa shape index (κ2) is 6.87. The fraction of sp³-hybridized carbons (Fsp3) is 0.286. The third kappa shape index (κ3) is 3.30. The molecule has 1 aliphatic rings. The van der Waals surface area contributed by atoms with Crippen LogP contribution in [-0.2, 0) is 29.6 Å². The van der Waals surface area contributed by atoms with Gasteiger partial charge in [0.1, 0.15) is 6.61 Å². The Morgan fingerprint density at radius 1 is 1.22 bits per heavy atom. The SMILES string of the molecule is Cn1c(=O)oc2ccc(COC(=O)CC3CCc4ccccc4C3=O)cc21. The van der Waals surface area contributed by atoms with Crippen LogP contribution in [-0.4, -0.2) is 16.3 Å². The molecule has 1 aromatic heterocycles. The predicted octanol–water partition coefficient (Wildman–Crippen LogP) is 3.01. The van der Waals surface area contributed by atoms with Gasteiger partial charge in [0.15, 0.2) is 11.4 Å². The largest absolute Gasteiger partial charge is 0.461 e. The lowest BCUT2D eigenvalue weighted by Gasteiger charge is -2.22. The van der Waals surface area contributed by atoms with Crippen molar-refractivity contribution < 1.29 is 18.7 Å². The molecule has 0 N–H and O–H groups in total. The van der Waals surface area contributed by atoms with E-state index in [-0.39, 0.29) is 24.7 Å². The zero-order chi connectivity index (χ0) is 19.0. The first-order valence-electron chi connectivity index (χ1n) is 8.89. The maximum atomic E-state index is 12.6. The van der Waals surface area contributed by atoms with E-state index in [1.54, 1.807) is 25.2 Å². The molecule has 6 heteroatoms. The average molecular weight is 365 g/mol. The van der Waals surface area contributed by atoms with Gasteiger partial charge in [0.25, 0.3) is 0 Å². The van der Waals surface area contributed by atoms with Gasteiger partial charge in [-0.15, -0.1) is 0 Å². The number of esters is 1. The standard InChI is InChI=1S/C21H19NO5/c1-22-17-10-13(6-9-18(17)27-21(22)25)12-26-19(23)11-15-8-7-14-4-2-3-5-16(14)20(15)24/h2-6,9-10,15H,7-8,11-12H2,1H3. The van der Waals surface area contributed by atoms with Crippen molar-refractivity contribution >= 4 is 22.9 Å². The van der Waals surface area contributed by atoms with Crippen LogP contribution >= 0.6 is 0 Å². The number of carbonyl (C=O) groups is 2. The lowest BCUT2D eigenvalue weighted by atomic mass is 9.81. The Balaban J connectivity index is 1.40. The lowest BCUT2D eigenvalue weighted by molar-refractivity contribution is -0.145. The molecule has 2 aromatic carbocycles. The summed E-state index contributed by atoms with van der Waals surface area (Å²) < 4.78 is 11.8. The molecule has 6 nitrogen and oxygen atoms in total. The fourth-order valence-electron chi connectivity index (χ4n) is 3.54. The van der Waals surface area contributed by atoms with Gasteiger partial charge in [-0.2, -0.15) is 0 Å². The van der Waals surface area contributed by atoms with E-state index in [4.69, 9.17) is 9.15 Å². The number of ether oxygens (including phenoxy) is 1. The van der Waals surface area contributed by atoms with Crippen LogP contribution in [0.4, 0.5) is 0 Å². The number of aromatic nitrogens is 1. The van der Waals surface area contributed by atoms with Crippen molar-refractivity contribution in [2.45, 2.75) is 25.9 Å². The summed E-state index contributed by atoms with van der Waals surface area (Å²) in [6.07, 6.45) is 1.54. The molecule has 1 heterocycles. The zero-order valence-corrected chi connectivity index (χ0v) is 14.9. The monoisotopic (exact) mass is 365 g/mol. The first-order chi connectivity index (χ1) is 13.0. The quantitative estimate of drug-likeness (QED) is 0.664. The lowest BCUT2D eigenvalue weighted by Crippen LogP contribution is -2.25. The van der Waals surface area contributed by atoms with Gasteiger partial charge in [-0.1, -0.05) is 30.3 Å². The zero-order valence-electron chi connectivity index (χ0n) is 14.9. The number of hydrogen-bond donors (Lipinski definition) is 0. The predicted molar refractivity (Wildman–Crippen MR) is 98.5 cm³/mol. The number of ketones is 1. The second-order valence-electron chi connectivity index (χ2n) is 6.85. The number of rotatable bonds is 4. The second-order valence-corrected chi connectivity index (χ2v) is 6.85. The highest BCUT2D eigenvalue weighted by molar-refractivity contribution is 6.01. The van der Waals surface area contributed by atoms with E-state index in [0.29, 0.717) is 23.1 Å². The molecule has 0 saturated carbocycles. The maximum absolute atomic E-state index is 12.6. The van der Waals surface area contributed by atoms with Crippen LogP contribution in [0, 0.1) is 5.92 Å². The van der Waals surface area contributed by atoms with E-state index in [1.165, 1.54) is 4.57 Å². The number of fused-ring (bicyclic) bond motifs is 2. The first-order valence-corrected chi connectivity index (χ1v) is 8.89. The average Bonchev–Trinajstić information content (AvgIpc) is 2.96. The highest BCUT2D eigenvalue weighted by atomic mass is 16.5. The molecule has 1 atom stereocenters. The molecule has 138 valence electrons. The maximum Gasteiger partial charge on any atom is 0.419 e. The third-order valence-electron chi connectivity index (χ3n) is 5.08. The van der Waals surface area contributed by atoms with Crippen molar-refractivity contribution in [3.05, 3.63) is 69.7 Å². The van der Waals surface area contributed by atoms with Crippen molar-refractivity contribution in [3.8, 4) is 0 Å². The molecule has 0 bridgehead atoms. The van der Waals surface area contributed by atoms with Crippen LogP contribution in [0.25, 0.3) is 11.1 Å². The Hall–Kier alpha value is -3.15. The van der Waals surface area contributed by atoms with Crippen LogP contribution in [0.1, 0.15) is 34.3 Å². The van der Waals surface area contributed by atoms with Crippen LogP contribution in [0.15, 0.2) is 51.7 Å². The number of nitrogens with zero attached hydrogens (tertiary/aromatic N) is 1. The molecule has 1 unspecified atom stereocenters. The minimum Gasteiger partial charge on any atom is -0.461 e. The summed E-state index contributed by atoms with van der Waals surface area (Å²) in [6, 6.07) is 12.7. The highest BCUT2D eigenvalue weighted by Gasteiger charge is 2.29. The van der Waals surface area contributed by atoms with Crippen LogP contribution < -0.4 is 5.76 Å². The number of hydrogen-bond acceptors (Lipinski definition) is 5. The molecular formula is C21H19NO5. The van der Waals surface area contributed by atoms with Crippen LogP contribution in [0.3, 0.4) is 0 Å². The molecule has 0 fully saturated rings. The molecular weight excluding hydrogens is 346 g/mol. The number of oxazole rings is 1. The topological polar surface area (TPSA) is 78.5 Å². The molecule has 27 heavy (non-hydrogen) atoms. The van der Waals surface area contributed by atoms with Crippen molar-refractivity contribution in [3.63, 3.8) is 0 Å². The van der Waals surface area contributed by atoms with E-state index in [2.05, 4.69) is 0 Å². The Labute approximate surface area is 155 Å². The van der Waals surface area contributed by atoms with Crippen LogP contribution in [0.5, 0.6) is 0 Å². The van der Waals surface area contributed by atoms with Gasteiger partial charge in [-0.3, -0.25) is 14.2 Å². The van der Waals surface area contributed by atoms with Gasteiger partial charge in [-0.25, -0.2) is 4.79 Å². The van der Waals surface area contributed by atoms with Gasteiger partial charge in [0.05, 0.1) is 11.9 Å². The Bertz CT molecular complexity index is 1090. The molecule has 1 aliphatic carbocycles. The molecule has 0 radical (unpaired) electrons. The molecule has 0 amide bonds. The number of aryl methyl sites for hydroxylation is 2. The number of Topliss-reactive ketones (excluding diaryl/α,β-unsaturated/α-hetero) is 1. The smallest absolute Gasteiger partial charge is 0.419 e. The van der Waals surface area contributed by atoms with Crippen molar-refractivity contribution in [1.29, 1.82) is 0 Å². The summed E-state index contributed by atoms with van der Waals surface area (Å²) in [6.45, 7) is 0.0889. The molecule has 0 saturated heterocycles. The third-order valence-corrected chi connectivity index (χ3v) is 5.08. The molecule has 3 aromatic rings.